The summed E-state index contributed by atoms with van der Waals surface area (Å²) in [5.41, 5.74) is 3.27. The highest BCUT2D eigenvalue weighted by molar-refractivity contribution is 9.11. The van der Waals surface area contributed by atoms with Crippen molar-refractivity contribution in [2.24, 2.45) is 0 Å². The largest absolute Gasteiger partial charge is 0.354 e. The van der Waals surface area contributed by atoms with E-state index in [0.717, 1.165) is 33.4 Å². The highest BCUT2D eigenvalue weighted by Crippen LogP contribution is 2.23. The normalized spacial score (nSPS) is 10.9. The van der Waals surface area contributed by atoms with Crippen LogP contribution in [0.25, 0.3) is 5.82 Å². The molecular formula is C15H16BrN5S. The van der Waals surface area contributed by atoms with Gasteiger partial charge in [-0.2, -0.15) is 5.10 Å². The fourth-order valence-electron chi connectivity index (χ4n) is 2.28. The maximum Gasteiger partial charge on any atom is 0.174 e. The molecule has 0 atom stereocenters. The molecule has 0 saturated heterocycles. The number of halogens is 1. The van der Waals surface area contributed by atoms with E-state index in [0.29, 0.717) is 0 Å². The molecule has 0 fully saturated rings. The molecule has 0 N–H and O–H groups in total. The summed E-state index contributed by atoms with van der Waals surface area (Å²) in [7, 11) is 2.01. The van der Waals surface area contributed by atoms with Gasteiger partial charge < -0.3 is 4.90 Å². The number of anilines is 1. The van der Waals surface area contributed by atoms with Crippen LogP contribution < -0.4 is 4.90 Å². The number of rotatable bonds is 4. The van der Waals surface area contributed by atoms with Crippen molar-refractivity contribution in [1.29, 1.82) is 0 Å². The first kappa shape index (κ1) is 15.2. The molecule has 0 aliphatic carbocycles. The van der Waals surface area contributed by atoms with E-state index in [2.05, 4.69) is 47.3 Å². The minimum atomic E-state index is 0.737. The van der Waals surface area contributed by atoms with Gasteiger partial charge in [0.2, 0.25) is 0 Å². The molecule has 0 amide bonds. The summed E-state index contributed by atoms with van der Waals surface area (Å²) >= 11 is 5.18. The lowest BCUT2D eigenvalue weighted by Crippen LogP contribution is -2.18. The van der Waals surface area contributed by atoms with Crippen molar-refractivity contribution >= 4 is 33.1 Å². The molecule has 114 valence electrons. The van der Waals surface area contributed by atoms with Crippen molar-refractivity contribution in [2.45, 2.75) is 20.4 Å². The third kappa shape index (κ3) is 3.20. The average Bonchev–Trinajstić information content (AvgIpc) is 3.04. The first-order valence-corrected chi connectivity index (χ1v) is 8.50. The van der Waals surface area contributed by atoms with E-state index in [-0.39, 0.29) is 0 Å². The van der Waals surface area contributed by atoms with Crippen LogP contribution in [0.5, 0.6) is 0 Å². The van der Waals surface area contributed by atoms with Crippen molar-refractivity contribution < 1.29 is 0 Å². The summed E-state index contributed by atoms with van der Waals surface area (Å²) in [6.45, 7) is 4.78. The molecule has 7 heteroatoms. The van der Waals surface area contributed by atoms with Crippen molar-refractivity contribution in [3.63, 3.8) is 0 Å². The molecule has 5 nitrogen and oxygen atoms in total. The topological polar surface area (TPSA) is 46.8 Å². The highest BCUT2D eigenvalue weighted by atomic mass is 79.9. The van der Waals surface area contributed by atoms with Crippen LogP contribution >= 0.6 is 27.3 Å². The SMILES string of the molecule is Cc1cc(C)n(-c2cncc(N(C)Cc3csc(Br)c3)n2)n1. The summed E-state index contributed by atoms with van der Waals surface area (Å²) in [6.07, 6.45) is 3.51. The maximum absolute atomic E-state index is 4.68. The van der Waals surface area contributed by atoms with E-state index < -0.39 is 0 Å². The highest BCUT2D eigenvalue weighted by Gasteiger charge is 2.10. The Morgan fingerprint density at radius 1 is 1.27 bits per heavy atom. The number of aromatic nitrogens is 4. The number of hydrogen-bond acceptors (Lipinski definition) is 5. The molecule has 3 rings (SSSR count). The van der Waals surface area contributed by atoms with Gasteiger partial charge in [-0.25, -0.2) is 9.67 Å². The van der Waals surface area contributed by atoms with E-state index in [1.165, 1.54) is 5.56 Å². The molecule has 0 bridgehead atoms. The van der Waals surface area contributed by atoms with Gasteiger partial charge in [0.25, 0.3) is 0 Å². The Morgan fingerprint density at radius 2 is 2.09 bits per heavy atom. The van der Waals surface area contributed by atoms with Gasteiger partial charge >= 0.3 is 0 Å². The second kappa shape index (κ2) is 6.18. The minimum Gasteiger partial charge on any atom is -0.354 e. The van der Waals surface area contributed by atoms with Crippen LogP contribution in [-0.2, 0) is 6.54 Å². The lowest BCUT2D eigenvalue weighted by molar-refractivity contribution is 0.788. The molecule has 0 aromatic carbocycles. The summed E-state index contributed by atoms with van der Waals surface area (Å²) in [5, 5.41) is 6.60. The second-order valence-corrected chi connectivity index (χ2v) is 7.48. The maximum atomic E-state index is 4.68. The zero-order valence-electron chi connectivity index (χ0n) is 12.6. The number of aryl methyl sites for hydroxylation is 2. The molecule has 0 radical (unpaired) electrons. The zero-order chi connectivity index (χ0) is 15.7. The molecular weight excluding hydrogens is 362 g/mol. The molecule has 3 aromatic rings. The summed E-state index contributed by atoms with van der Waals surface area (Å²) in [6, 6.07) is 4.15. The fourth-order valence-corrected chi connectivity index (χ4v) is 3.48. The monoisotopic (exact) mass is 377 g/mol. The molecule has 3 heterocycles. The summed E-state index contributed by atoms with van der Waals surface area (Å²) in [5.74, 6) is 1.56. The van der Waals surface area contributed by atoms with Gasteiger partial charge in [0.05, 0.1) is 21.9 Å². The van der Waals surface area contributed by atoms with Crippen LogP contribution in [0.3, 0.4) is 0 Å². The van der Waals surface area contributed by atoms with E-state index >= 15 is 0 Å². The number of thiophene rings is 1. The Bertz CT molecular complexity index is 795. The first-order valence-electron chi connectivity index (χ1n) is 6.82. The summed E-state index contributed by atoms with van der Waals surface area (Å²) < 4.78 is 2.96. The van der Waals surface area contributed by atoms with Crippen LogP contribution in [0, 0.1) is 13.8 Å². The molecule has 0 spiro atoms. The molecule has 0 aliphatic rings. The van der Waals surface area contributed by atoms with Crippen LogP contribution in [0.4, 0.5) is 5.82 Å². The third-order valence-corrected chi connectivity index (χ3v) is 4.82. The molecule has 22 heavy (non-hydrogen) atoms. The lowest BCUT2D eigenvalue weighted by atomic mass is 10.3. The van der Waals surface area contributed by atoms with Crippen molar-refractivity contribution in [1.82, 2.24) is 19.7 Å². The minimum absolute atomic E-state index is 0.737. The van der Waals surface area contributed by atoms with Crippen LogP contribution in [-0.4, -0.2) is 26.8 Å². The van der Waals surface area contributed by atoms with E-state index in [1.54, 1.807) is 23.7 Å². The van der Waals surface area contributed by atoms with Crippen molar-refractivity contribution in [2.75, 3.05) is 11.9 Å². The van der Waals surface area contributed by atoms with Crippen LogP contribution in [0.15, 0.2) is 33.7 Å². The molecule has 3 aromatic heterocycles. The lowest BCUT2D eigenvalue weighted by Gasteiger charge is -2.17. The van der Waals surface area contributed by atoms with Crippen LogP contribution in [0.2, 0.25) is 0 Å². The van der Waals surface area contributed by atoms with Gasteiger partial charge in [-0.1, -0.05) is 0 Å². The van der Waals surface area contributed by atoms with Crippen LogP contribution in [0.1, 0.15) is 17.0 Å². The van der Waals surface area contributed by atoms with Gasteiger partial charge in [0.1, 0.15) is 5.82 Å². The van der Waals surface area contributed by atoms with E-state index in [4.69, 9.17) is 0 Å². The second-order valence-electron chi connectivity index (χ2n) is 5.19. The van der Waals surface area contributed by atoms with Gasteiger partial charge in [-0.3, -0.25) is 4.98 Å². The number of nitrogens with zero attached hydrogens (tertiary/aromatic N) is 5. The number of hydrogen-bond donors (Lipinski definition) is 0. The smallest absolute Gasteiger partial charge is 0.174 e. The van der Waals surface area contributed by atoms with Gasteiger partial charge in [0, 0.05) is 19.3 Å². The Balaban J connectivity index is 1.85. The van der Waals surface area contributed by atoms with E-state index in [9.17, 15) is 0 Å². The van der Waals surface area contributed by atoms with Gasteiger partial charge in [-0.15, -0.1) is 11.3 Å². The standard InChI is InChI=1S/C15H16BrN5S/c1-10-4-11(2)21(19-10)15-7-17-6-14(18-15)20(3)8-12-5-13(16)22-9-12/h4-7,9H,8H2,1-3H3. The Labute approximate surface area is 141 Å². The van der Waals surface area contributed by atoms with Crippen molar-refractivity contribution in [3.05, 3.63) is 50.6 Å². The summed E-state index contributed by atoms with van der Waals surface area (Å²) in [4.78, 5) is 11.1. The Morgan fingerprint density at radius 3 is 2.73 bits per heavy atom. The van der Waals surface area contributed by atoms with Crippen molar-refractivity contribution in [3.8, 4) is 5.82 Å². The van der Waals surface area contributed by atoms with E-state index in [1.807, 2.05) is 31.6 Å². The Kier molecular flexibility index (Phi) is 4.26. The van der Waals surface area contributed by atoms with Gasteiger partial charge in [-0.05, 0) is 52.9 Å². The average molecular weight is 378 g/mol. The third-order valence-electron chi connectivity index (χ3n) is 3.27. The fraction of sp³-hybridized carbons (Fsp3) is 0.267. The molecule has 0 unspecified atom stereocenters. The molecule has 0 aliphatic heterocycles. The van der Waals surface area contributed by atoms with Gasteiger partial charge in [0.15, 0.2) is 5.82 Å². The predicted molar refractivity (Wildman–Crippen MR) is 92.8 cm³/mol. The molecule has 0 saturated carbocycles. The first-order chi connectivity index (χ1) is 10.5. The predicted octanol–water partition coefficient (Wildman–Crippen LogP) is 3.74. The zero-order valence-corrected chi connectivity index (χ0v) is 15.0. The Hall–Kier alpha value is -1.73. The quantitative estimate of drug-likeness (QED) is 0.694.